The number of phenols is 1. The smallest absolute Gasteiger partial charge is 0.418 e. The van der Waals surface area contributed by atoms with Gasteiger partial charge in [-0.2, -0.15) is 13.2 Å². The summed E-state index contributed by atoms with van der Waals surface area (Å²) >= 11 is 3.10. The van der Waals surface area contributed by atoms with Gasteiger partial charge in [0.05, 0.1) is 5.56 Å². The lowest BCUT2D eigenvalue weighted by Crippen LogP contribution is -2.53. The van der Waals surface area contributed by atoms with Crippen molar-refractivity contribution in [3.05, 3.63) is 58.1 Å². The largest absolute Gasteiger partial charge is 0.508 e. The maximum Gasteiger partial charge on any atom is 0.418 e. The van der Waals surface area contributed by atoms with E-state index in [-0.39, 0.29) is 23.5 Å². The number of piperazine rings is 1. The van der Waals surface area contributed by atoms with Crippen molar-refractivity contribution >= 4 is 27.6 Å². The molecule has 9 heteroatoms. The van der Waals surface area contributed by atoms with Gasteiger partial charge < -0.3 is 20.2 Å². The Morgan fingerprint density at radius 2 is 1.87 bits per heavy atom. The van der Waals surface area contributed by atoms with Gasteiger partial charge in [0, 0.05) is 42.4 Å². The first-order valence-electron chi connectivity index (χ1n) is 9.58. The maximum atomic E-state index is 13.4. The van der Waals surface area contributed by atoms with Crippen LogP contribution in [0, 0.1) is 0 Å². The van der Waals surface area contributed by atoms with Crippen molar-refractivity contribution in [2.24, 2.45) is 0 Å². The molecule has 1 atom stereocenters. The van der Waals surface area contributed by atoms with E-state index in [0.29, 0.717) is 37.1 Å². The molecular formula is C21H23BrF3N3O2. The van der Waals surface area contributed by atoms with Gasteiger partial charge in [0.15, 0.2) is 0 Å². The summed E-state index contributed by atoms with van der Waals surface area (Å²) in [4.78, 5) is 15.8. The van der Waals surface area contributed by atoms with E-state index in [1.807, 2.05) is 13.0 Å². The number of urea groups is 1. The number of nitrogens with one attached hydrogen (secondary N) is 1. The highest BCUT2D eigenvalue weighted by atomic mass is 79.9. The highest BCUT2D eigenvalue weighted by molar-refractivity contribution is 9.10. The lowest BCUT2D eigenvalue weighted by Gasteiger charge is -2.37. The van der Waals surface area contributed by atoms with Gasteiger partial charge in [0.2, 0.25) is 0 Å². The summed E-state index contributed by atoms with van der Waals surface area (Å²) < 4.78 is 40.6. The standard InChI is InChI=1S/C21H23BrF3N3O2/c1-14(11-15-3-2-4-17(29)12-15)26-20(30)28-9-7-27(8-10-28)19-6-5-16(22)13-18(19)21(23,24)25/h2-6,12-14,29H,7-11H2,1H3,(H,26,30). The van der Waals surface area contributed by atoms with Gasteiger partial charge in [0.25, 0.3) is 0 Å². The number of alkyl halides is 3. The second-order valence-corrected chi connectivity index (χ2v) is 8.27. The third-order valence-corrected chi connectivity index (χ3v) is 5.49. The molecule has 2 N–H and O–H groups in total. The first-order chi connectivity index (χ1) is 14.1. The summed E-state index contributed by atoms with van der Waals surface area (Å²) in [6.45, 7) is 3.17. The summed E-state index contributed by atoms with van der Waals surface area (Å²) in [5, 5.41) is 12.5. The minimum atomic E-state index is -4.45. The summed E-state index contributed by atoms with van der Waals surface area (Å²) in [6.07, 6.45) is -3.89. The fraction of sp³-hybridized carbons (Fsp3) is 0.381. The van der Waals surface area contributed by atoms with Crippen molar-refractivity contribution in [3.63, 3.8) is 0 Å². The van der Waals surface area contributed by atoms with Crippen molar-refractivity contribution < 1.29 is 23.1 Å². The molecule has 3 rings (SSSR count). The molecule has 1 saturated heterocycles. The van der Waals surface area contributed by atoms with Crippen LogP contribution in [-0.4, -0.2) is 48.3 Å². The van der Waals surface area contributed by atoms with Gasteiger partial charge in [0.1, 0.15) is 5.75 Å². The predicted molar refractivity (Wildman–Crippen MR) is 113 cm³/mol. The normalized spacial score (nSPS) is 15.8. The zero-order chi connectivity index (χ0) is 21.9. The van der Waals surface area contributed by atoms with E-state index >= 15 is 0 Å². The minimum Gasteiger partial charge on any atom is -0.508 e. The molecule has 1 aliphatic heterocycles. The van der Waals surface area contributed by atoms with E-state index in [1.165, 1.54) is 6.07 Å². The lowest BCUT2D eigenvalue weighted by molar-refractivity contribution is -0.137. The monoisotopic (exact) mass is 485 g/mol. The topological polar surface area (TPSA) is 55.8 Å². The van der Waals surface area contributed by atoms with E-state index in [1.54, 1.807) is 34.1 Å². The van der Waals surface area contributed by atoms with Crippen LogP contribution in [0.25, 0.3) is 0 Å². The Morgan fingerprint density at radius 1 is 1.17 bits per heavy atom. The number of hydrogen-bond acceptors (Lipinski definition) is 3. The summed E-state index contributed by atoms with van der Waals surface area (Å²) in [7, 11) is 0. The molecule has 1 aliphatic rings. The molecular weight excluding hydrogens is 463 g/mol. The van der Waals surface area contributed by atoms with Crippen molar-refractivity contribution in [1.29, 1.82) is 0 Å². The number of halogens is 4. The van der Waals surface area contributed by atoms with Crippen LogP contribution >= 0.6 is 15.9 Å². The molecule has 0 aromatic heterocycles. The molecule has 0 spiro atoms. The zero-order valence-corrected chi connectivity index (χ0v) is 18.0. The van der Waals surface area contributed by atoms with E-state index in [9.17, 15) is 23.1 Å². The molecule has 0 aliphatic carbocycles. The van der Waals surface area contributed by atoms with Gasteiger partial charge in [-0.15, -0.1) is 0 Å². The lowest BCUT2D eigenvalue weighted by atomic mass is 10.1. The van der Waals surface area contributed by atoms with Gasteiger partial charge in [-0.25, -0.2) is 4.79 Å². The van der Waals surface area contributed by atoms with Crippen molar-refractivity contribution in [3.8, 4) is 5.75 Å². The number of benzene rings is 2. The number of rotatable bonds is 4. The second kappa shape index (κ2) is 9.16. The Kier molecular flexibility index (Phi) is 6.80. The fourth-order valence-electron chi connectivity index (χ4n) is 3.55. The number of anilines is 1. The Hall–Kier alpha value is -2.42. The van der Waals surface area contributed by atoms with Crippen molar-refractivity contribution in [2.75, 3.05) is 31.1 Å². The molecule has 5 nitrogen and oxygen atoms in total. The molecule has 0 saturated carbocycles. The number of amides is 2. The Labute approximate surface area is 181 Å². The summed E-state index contributed by atoms with van der Waals surface area (Å²) in [5.74, 6) is 0.174. The molecule has 2 aromatic rings. The third-order valence-electron chi connectivity index (χ3n) is 4.99. The predicted octanol–water partition coefficient (Wildman–Crippen LogP) is 4.64. The quantitative estimate of drug-likeness (QED) is 0.663. The average Bonchev–Trinajstić information content (AvgIpc) is 2.67. The van der Waals surface area contributed by atoms with Crippen LogP contribution in [0.2, 0.25) is 0 Å². The van der Waals surface area contributed by atoms with Gasteiger partial charge >= 0.3 is 12.2 Å². The van der Waals surface area contributed by atoms with Crippen LogP contribution in [-0.2, 0) is 12.6 Å². The van der Waals surface area contributed by atoms with Crippen LogP contribution in [0.4, 0.5) is 23.7 Å². The summed E-state index contributed by atoms with van der Waals surface area (Å²) in [6, 6.07) is 10.6. The van der Waals surface area contributed by atoms with Crippen LogP contribution in [0.3, 0.4) is 0 Å². The van der Waals surface area contributed by atoms with E-state index in [0.717, 1.165) is 11.6 Å². The molecule has 2 amide bonds. The Bertz CT molecular complexity index is 899. The molecule has 30 heavy (non-hydrogen) atoms. The number of aromatic hydroxyl groups is 1. The summed E-state index contributed by atoms with van der Waals surface area (Å²) in [5.41, 5.74) is 0.347. The number of phenolic OH excluding ortho intramolecular Hbond substituents is 1. The molecule has 2 aromatic carbocycles. The van der Waals surface area contributed by atoms with Gasteiger partial charge in [-0.3, -0.25) is 0 Å². The van der Waals surface area contributed by atoms with E-state index in [4.69, 9.17) is 0 Å². The zero-order valence-electron chi connectivity index (χ0n) is 16.4. The Morgan fingerprint density at radius 3 is 2.50 bits per heavy atom. The van der Waals surface area contributed by atoms with Crippen molar-refractivity contribution in [2.45, 2.75) is 25.6 Å². The number of hydrogen-bond donors (Lipinski definition) is 2. The fourth-order valence-corrected chi connectivity index (χ4v) is 3.91. The molecule has 0 bridgehead atoms. The first-order valence-corrected chi connectivity index (χ1v) is 10.4. The molecule has 162 valence electrons. The molecule has 0 radical (unpaired) electrons. The van der Waals surface area contributed by atoms with E-state index < -0.39 is 11.7 Å². The highest BCUT2D eigenvalue weighted by Crippen LogP contribution is 2.38. The number of carbonyl (C=O) groups is 1. The molecule has 1 heterocycles. The van der Waals surface area contributed by atoms with Crippen molar-refractivity contribution in [1.82, 2.24) is 10.2 Å². The van der Waals surface area contributed by atoms with Crippen LogP contribution < -0.4 is 10.2 Å². The molecule has 1 unspecified atom stereocenters. The van der Waals surface area contributed by atoms with Crippen LogP contribution in [0.15, 0.2) is 46.9 Å². The first kappa shape index (κ1) is 22.3. The van der Waals surface area contributed by atoms with Crippen LogP contribution in [0.5, 0.6) is 5.75 Å². The molecule has 1 fully saturated rings. The second-order valence-electron chi connectivity index (χ2n) is 7.36. The van der Waals surface area contributed by atoms with Gasteiger partial charge in [-0.05, 0) is 49.2 Å². The van der Waals surface area contributed by atoms with Gasteiger partial charge in [-0.1, -0.05) is 28.1 Å². The number of carbonyl (C=O) groups excluding carboxylic acids is 1. The number of nitrogens with zero attached hydrogens (tertiary/aromatic N) is 2. The van der Waals surface area contributed by atoms with E-state index in [2.05, 4.69) is 21.2 Å². The Balaban J connectivity index is 1.57. The highest BCUT2D eigenvalue weighted by Gasteiger charge is 2.36. The third kappa shape index (κ3) is 5.59. The average molecular weight is 486 g/mol. The van der Waals surface area contributed by atoms with Crippen LogP contribution in [0.1, 0.15) is 18.1 Å². The minimum absolute atomic E-state index is 0.128. The SMILES string of the molecule is CC(Cc1cccc(O)c1)NC(=O)N1CCN(c2ccc(Br)cc2C(F)(F)F)CC1. The maximum absolute atomic E-state index is 13.4.